The fraction of sp³-hybridized carbons (Fsp3) is 0.500. The van der Waals surface area contributed by atoms with Gasteiger partial charge in [0.05, 0.1) is 0 Å². The average molecular weight is 125 g/mol. The number of nitrogens with zero attached hydrogens (tertiary/aromatic N) is 1. The van der Waals surface area contributed by atoms with Crippen LogP contribution in [0.4, 0.5) is 0 Å². The van der Waals surface area contributed by atoms with Crippen LogP contribution in [0.25, 0.3) is 0 Å². The van der Waals surface area contributed by atoms with Crippen LogP contribution < -0.4 is 0 Å². The summed E-state index contributed by atoms with van der Waals surface area (Å²) < 4.78 is 0. The van der Waals surface area contributed by atoms with E-state index in [-0.39, 0.29) is 0 Å². The molecule has 0 amide bonds. The monoisotopic (exact) mass is 125 g/mol. The van der Waals surface area contributed by atoms with Crippen LogP contribution in [0, 0.1) is 0 Å². The SMILES string of the molecule is CCC=CC=CN(C)C. The van der Waals surface area contributed by atoms with Crippen molar-refractivity contribution in [2.24, 2.45) is 0 Å². The highest BCUT2D eigenvalue weighted by molar-refractivity contribution is 5.00. The van der Waals surface area contributed by atoms with E-state index in [1.807, 2.05) is 31.3 Å². The van der Waals surface area contributed by atoms with Gasteiger partial charge in [0.25, 0.3) is 0 Å². The van der Waals surface area contributed by atoms with Crippen molar-refractivity contribution in [2.45, 2.75) is 13.3 Å². The second-order valence-electron chi connectivity index (χ2n) is 2.14. The van der Waals surface area contributed by atoms with Gasteiger partial charge in [0.2, 0.25) is 0 Å². The third-order valence-corrected chi connectivity index (χ3v) is 0.867. The van der Waals surface area contributed by atoms with Crippen molar-refractivity contribution < 1.29 is 0 Å². The molecule has 0 aliphatic rings. The van der Waals surface area contributed by atoms with E-state index in [9.17, 15) is 0 Å². The maximum absolute atomic E-state index is 2.12. The van der Waals surface area contributed by atoms with Gasteiger partial charge in [-0.3, -0.25) is 0 Å². The molecule has 0 bridgehead atoms. The Kier molecular flexibility index (Phi) is 4.98. The molecular weight excluding hydrogens is 110 g/mol. The van der Waals surface area contributed by atoms with Gasteiger partial charge in [-0.25, -0.2) is 0 Å². The zero-order valence-electron chi connectivity index (χ0n) is 6.46. The first kappa shape index (κ1) is 8.28. The van der Waals surface area contributed by atoms with E-state index in [0.29, 0.717) is 0 Å². The summed E-state index contributed by atoms with van der Waals surface area (Å²) in [6, 6.07) is 0. The number of allylic oxidation sites excluding steroid dienone is 3. The maximum atomic E-state index is 2.12. The molecule has 0 aromatic heterocycles. The molecule has 0 aromatic rings. The second kappa shape index (κ2) is 5.42. The molecule has 0 aliphatic heterocycles. The molecule has 0 saturated carbocycles. The topological polar surface area (TPSA) is 3.24 Å². The zero-order chi connectivity index (χ0) is 7.11. The van der Waals surface area contributed by atoms with Crippen LogP contribution in [0.2, 0.25) is 0 Å². The molecule has 0 aliphatic carbocycles. The molecule has 0 spiro atoms. The van der Waals surface area contributed by atoms with Gasteiger partial charge in [-0.2, -0.15) is 0 Å². The molecule has 0 saturated heterocycles. The first-order valence-electron chi connectivity index (χ1n) is 3.27. The van der Waals surface area contributed by atoms with Gasteiger partial charge in [0.15, 0.2) is 0 Å². The Balaban J connectivity index is 3.35. The Hall–Kier alpha value is -0.720. The summed E-state index contributed by atoms with van der Waals surface area (Å²) in [6.45, 7) is 2.12. The lowest BCUT2D eigenvalue weighted by Gasteiger charge is -2.00. The summed E-state index contributed by atoms with van der Waals surface area (Å²) >= 11 is 0. The van der Waals surface area contributed by atoms with Crippen LogP contribution in [0.1, 0.15) is 13.3 Å². The molecular formula is C8H15N. The molecule has 9 heavy (non-hydrogen) atoms. The van der Waals surface area contributed by atoms with E-state index in [1.54, 1.807) is 0 Å². The molecule has 0 rings (SSSR count). The molecule has 1 heteroatoms. The molecule has 0 atom stereocenters. The Labute approximate surface area is 57.7 Å². The Bertz CT molecular complexity index is 101. The highest BCUT2D eigenvalue weighted by atomic mass is 15.0. The molecule has 0 aromatic carbocycles. The van der Waals surface area contributed by atoms with Gasteiger partial charge in [0, 0.05) is 14.1 Å². The van der Waals surface area contributed by atoms with E-state index in [4.69, 9.17) is 0 Å². The highest BCUT2D eigenvalue weighted by Gasteiger charge is 1.69. The zero-order valence-corrected chi connectivity index (χ0v) is 6.46. The Morgan fingerprint density at radius 1 is 1.22 bits per heavy atom. The smallest absolute Gasteiger partial charge is 0.00556 e. The fourth-order valence-corrected chi connectivity index (χ4v) is 0.436. The lowest BCUT2D eigenvalue weighted by molar-refractivity contribution is 0.564. The van der Waals surface area contributed by atoms with Crippen molar-refractivity contribution >= 4 is 0 Å². The van der Waals surface area contributed by atoms with Crippen molar-refractivity contribution in [1.82, 2.24) is 4.90 Å². The van der Waals surface area contributed by atoms with E-state index < -0.39 is 0 Å². The summed E-state index contributed by atoms with van der Waals surface area (Å²) in [4.78, 5) is 2.01. The predicted octanol–water partition coefficient (Wildman–Crippen LogP) is 2.03. The summed E-state index contributed by atoms with van der Waals surface area (Å²) in [6.07, 6.45) is 9.34. The van der Waals surface area contributed by atoms with E-state index in [1.165, 1.54) is 0 Å². The Morgan fingerprint density at radius 3 is 2.33 bits per heavy atom. The van der Waals surface area contributed by atoms with Crippen molar-refractivity contribution in [1.29, 1.82) is 0 Å². The van der Waals surface area contributed by atoms with Crippen LogP contribution in [0.15, 0.2) is 24.4 Å². The van der Waals surface area contributed by atoms with Gasteiger partial charge in [0.1, 0.15) is 0 Å². The molecule has 0 N–H and O–H groups in total. The van der Waals surface area contributed by atoms with E-state index in [0.717, 1.165) is 6.42 Å². The normalized spacial score (nSPS) is 11.4. The third kappa shape index (κ3) is 7.28. The maximum Gasteiger partial charge on any atom is 0.00556 e. The lowest BCUT2D eigenvalue weighted by Crippen LogP contribution is -1.99. The van der Waals surface area contributed by atoms with Crippen LogP contribution >= 0.6 is 0 Å². The minimum Gasteiger partial charge on any atom is -0.383 e. The molecule has 0 heterocycles. The molecule has 1 nitrogen and oxygen atoms in total. The number of hydrogen-bond donors (Lipinski definition) is 0. The first-order chi connectivity index (χ1) is 4.27. The molecule has 0 unspecified atom stereocenters. The minimum absolute atomic E-state index is 1.11. The predicted molar refractivity (Wildman–Crippen MR) is 42.3 cm³/mol. The lowest BCUT2D eigenvalue weighted by atomic mass is 10.4. The number of hydrogen-bond acceptors (Lipinski definition) is 1. The minimum atomic E-state index is 1.11. The van der Waals surface area contributed by atoms with E-state index >= 15 is 0 Å². The van der Waals surface area contributed by atoms with Gasteiger partial charge in [-0.15, -0.1) is 0 Å². The van der Waals surface area contributed by atoms with Crippen LogP contribution in [-0.2, 0) is 0 Å². The molecule has 0 radical (unpaired) electrons. The van der Waals surface area contributed by atoms with Gasteiger partial charge < -0.3 is 4.90 Å². The summed E-state index contributed by atoms with van der Waals surface area (Å²) in [5.74, 6) is 0. The first-order valence-corrected chi connectivity index (χ1v) is 3.27. The molecule has 52 valence electrons. The van der Waals surface area contributed by atoms with Crippen LogP contribution in [-0.4, -0.2) is 19.0 Å². The largest absolute Gasteiger partial charge is 0.383 e. The van der Waals surface area contributed by atoms with E-state index in [2.05, 4.69) is 19.1 Å². The van der Waals surface area contributed by atoms with Gasteiger partial charge in [-0.05, 0) is 18.7 Å². The summed E-state index contributed by atoms with van der Waals surface area (Å²) in [7, 11) is 4.02. The quantitative estimate of drug-likeness (QED) is 0.522. The van der Waals surface area contributed by atoms with Crippen molar-refractivity contribution in [3.05, 3.63) is 24.4 Å². The van der Waals surface area contributed by atoms with Gasteiger partial charge in [-0.1, -0.05) is 19.1 Å². The Morgan fingerprint density at radius 2 is 1.89 bits per heavy atom. The summed E-state index contributed by atoms with van der Waals surface area (Å²) in [5, 5.41) is 0. The van der Waals surface area contributed by atoms with Crippen LogP contribution in [0.3, 0.4) is 0 Å². The van der Waals surface area contributed by atoms with Crippen molar-refractivity contribution in [3.8, 4) is 0 Å². The van der Waals surface area contributed by atoms with Crippen molar-refractivity contribution in [2.75, 3.05) is 14.1 Å². The highest BCUT2D eigenvalue weighted by Crippen LogP contribution is 1.82. The van der Waals surface area contributed by atoms with Crippen molar-refractivity contribution in [3.63, 3.8) is 0 Å². The second-order valence-corrected chi connectivity index (χ2v) is 2.14. The summed E-state index contributed by atoms with van der Waals surface area (Å²) in [5.41, 5.74) is 0. The fourth-order valence-electron chi connectivity index (χ4n) is 0.436. The number of rotatable bonds is 3. The van der Waals surface area contributed by atoms with Gasteiger partial charge >= 0.3 is 0 Å². The average Bonchev–Trinajstić information content (AvgIpc) is 1.80. The van der Waals surface area contributed by atoms with Crippen LogP contribution in [0.5, 0.6) is 0 Å². The standard InChI is InChI=1S/C8H15N/c1-4-5-6-7-8-9(2)3/h5-8H,4H2,1-3H3. The molecule has 0 fully saturated rings. The third-order valence-electron chi connectivity index (χ3n) is 0.867.